The number of carboxylic acids is 1. The maximum Gasteiger partial charge on any atom is 0.322 e. The fraction of sp³-hybridized carbons (Fsp3) is 0.852. The molecule has 2 amide bonds. The van der Waals surface area contributed by atoms with Crippen LogP contribution in [0.4, 0.5) is 0 Å². The normalized spacial score (nSPS) is 37.8. The van der Waals surface area contributed by atoms with Crippen LogP contribution in [0.25, 0.3) is 0 Å². The third kappa shape index (κ3) is 6.23. The molecule has 0 aromatic rings. The summed E-state index contributed by atoms with van der Waals surface area (Å²) in [6.07, 6.45) is 1.77. The highest BCUT2D eigenvalue weighted by atomic mass is 17.3. The summed E-state index contributed by atoms with van der Waals surface area (Å²) in [5, 5.41) is 13.7. The lowest BCUT2D eigenvalue weighted by Gasteiger charge is -2.59. The van der Waals surface area contributed by atoms with Crippen LogP contribution < -0.4 is 10.6 Å². The molecule has 3 N–H and O–H groups in total. The van der Waals surface area contributed by atoms with Crippen molar-refractivity contribution >= 4 is 23.8 Å². The lowest BCUT2D eigenvalue weighted by molar-refractivity contribution is -0.576. The molecule has 0 radical (unpaired) electrons. The Morgan fingerprint density at radius 2 is 1.79 bits per heavy atom. The summed E-state index contributed by atoms with van der Waals surface area (Å²) in [5.41, 5.74) is -0.761. The number of aliphatic carboxylic acids is 1. The van der Waals surface area contributed by atoms with E-state index in [0.717, 1.165) is 19.3 Å². The average Bonchev–Trinajstić information content (AvgIpc) is 3.09. The fourth-order valence-electron chi connectivity index (χ4n) is 6.67. The van der Waals surface area contributed by atoms with Crippen LogP contribution in [0.1, 0.15) is 79.6 Å². The van der Waals surface area contributed by atoms with E-state index in [9.17, 15) is 19.2 Å². The van der Waals surface area contributed by atoms with E-state index in [1.165, 1.54) is 0 Å². The van der Waals surface area contributed by atoms with Crippen LogP contribution in [0.3, 0.4) is 0 Å². The summed E-state index contributed by atoms with van der Waals surface area (Å²) in [6, 6.07) is -0.904. The van der Waals surface area contributed by atoms with Gasteiger partial charge in [-0.25, -0.2) is 9.78 Å². The molecule has 4 heterocycles. The molecule has 220 valence electrons. The summed E-state index contributed by atoms with van der Waals surface area (Å²) in [5.74, 6) is -3.31. The number of fused-ring (bicyclic) bond motifs is 2. The van der Waals surface area contributed by atoms with E-state index in [1.807, 2.05) is 27.7 Å². The van der Waals surface area contributed by atoms with Crippen LogP contribution in [-0.4, -0.2) is 65.4 Å². The van der Waals surface area contributed by atoms with Crippen molar-refractivity contribution in [2.24, 2.45) is 29.6 Å². The molecule has 0 aromatic carbocycles. The Hall–Kier alpha value is -2.28. The molecule has 0 unspecified atom stereocenters. The molecule has 1 saturated carbocycles. The van der Waals surface area contributed by atoms with E-state index in [2.05, 4.69) is 17.6 Å². The van der Waals surface area contributed by atoms with Gasteiger partial charge in [-0.3, -0.25) is 19.2 Å². The highest BCUT2D eigenvalue weighted by Gasteiger charge is 2.69. The zero-order chi connectivity index (χ0) is 28.5. The molecular formula is C27H42N2O10. The van der Waals surface area contributed by atoms with Crippen molar-refractivity contribution in [1.82, 2.24) is 10.6 Å². The molecule has 4 saturated heterocycles. The van der Waals surface area contributed by atoms with Gasteiger partial charge in [-0.2, -0.15) is 0 Å². The third-order valence-corrected chi connectivity index (χ3v) is 8.67. The quantitative estimate of drug-likeness (QED) is 0.270. The van der Waals surface area contributed by atoms with Crippen LogP contribution in [-0.2, 0) is 43.2 Å². The number of amides is 2. The van der Waals surface area contributed by atoms with Crippen molar-refractivity contribution in [3.8, 4) is 0 Å². The van der Waals surface area contributed by atoms with Crippen molar-refractivity contribution in [2.45, 2.75) is 110 Å². The van der Waals surface area contributed by atoms with E-state index in [-0.39, 0.29) is 36.5 Å². The predicted octanol–water partition coefficient (Wildman–Crippen LogP) is 2.25. The van der Waals surface area contributed by atoms with Gasteiger partial charge in [0.05, 0.1) is 6.42 Å². The van der Waals surface area contributed by atoms with Gasteiger partial charge in [-0.05, 0) is 50.4 Å². The monoisotopic (exact) mass is 554 g/mol. The molecule has 5 aliphatic rings. The molecule has 5 rings (SSSR count). The van der Waals surface area contributed by atoms with Gasteiger partial charge in [0, 0.05) is 24.7 Å². The minimum absolute atomic E-state index is 0.00213. The maximum atomic E-state index is 12.8. The van der Waals surface area contributed by atoms with E-state index >= 15 is 0 Å². The standard InChI is InChI=1S/C27H42N2O10/c1-14(2)12-19(23(34)28-13-21(31)32)29-20(30)8-9-22(33)35-24-16(4)18-7-6-15(3)17-10-11-26(5)37-25(36-24)27(17,18)39-38-26/h14-19,24-25H,6-13H2,1-5H3,(H,28,34)(H,29,30)(H,31,32)/t15-,16-,17+,18+,19+,24-,25+,26-,27-/m1/s1. The molecule has 2 bridgehead atoms. The van der Waals surface area contributed by atoms with E-state index < -0.39 is 60.3 Å². The number of rotatable bonds is 10. The van der Waals surface area contributed by atoms with Gasteiger partial charge in [0.25, 0.3) is 0 Å². The van der Waals surface area contributed by atoms with Crippen molar-refractivity contribution in [2.75, 3.05) is 6.54 Å². The Bertz CT molecular complexity index is 959. The minimum atomic E-state index is -1.18. The number of carbonyl (C=O) groups excluding carboxylic acids is 3. The van der Waals surface area contributed by atoms with Gasteiger partial charge < -0.3 is 30.0 Å². The van der Waals surface area contributed by atoms with Crippen LogP contribution in [0.5, 0.6) is 0 Å². The van der Waals surface area contributed by atoms with Gasteiger partial charge in [0.15, 0.2) is 11.9 Å². The van der Waals surface area contributed by atoms with Crippen molar-refractivity contribution in [3.05, 3.63) is 0 Å². The molecule has 1 spiro atoms. The molecule has 4 aliphatic heterocycles. The van der Waals surface area contributed by atoms with Crippen LogP contribution >= 0.6 is 0 Å². The molecule has 12 heteroatoms. The number of esters is 1. The molecule has 0 aromatic heterocycles. The first-order valence-electron chi connectivity index (χ1n) is 14.0. The largest absolute Gasteiger partial charge is 0.480 e. The Morgan fingerprint density at radius 1 is 1.05 bits per heavy atom. The summed E-state index contributed by atoms with van der Waals surface area (Å²) < 4.78 is 18.2. The van der Waals surface area contributed by atoms with Crippen molar-refractivity contribution in [1.29, 1.82) is 0 Å². The number of nitrogens with one attached hydrogen (secondary N) is 2. The lowest BCUT2D eigenvalue weighted by atomic mass is 9.58. The Kier molecular flexibility index (Phi) is 8.89. The number of carboxylic acid groups (broad SMARTS) is 1. The van der Waals surface area contributed by atoms with Crippen molar-refractivity contribution < 1.29 is 48.3 Å². The average molecular weight is 555 g/mol. The second kappa shape index (κ2) is 11.7. The zero-order valence-electron chi connectivity index (χ0n) is 23.4. The Labute approximate surface area is 228 Å². The second-order valence-electron chi connectivity index (χ2n) is 12.1. The van der Waals surface area contributed by atoms with Crippen LogP contribution in [0.15, 0.2) is 0 Å². The lowest BCUT2D eigenvalue weighted by Crippen LogP contribution is -2.70. The Morgan fingerprint density at radius 3 is 2.49 bits per heavy atom. The maximum absolute atomic E-state index is 12.8. The van der Waals surface area contributed by atoms with E-state index in [0.29, 0.717) is 18.8 Å². The summed E-state index contributed by atoms with van der Waals surface area (Å²) in [4.78, 5) is 60.4. The third-order valence-electron chi connectivity index (χ3n) is 8.67. The molecule has 39 heavy (non-hydrogen) atoms. The van der Waals surface area contributed by atoms with E-state index in [1.54, 1.807) is 0 Å². The molecule has 5 fully saturated rings. The highest BCUT2D eigenvalue weighted by molar-refractivity contribution is 5.90. The summed E-state index contributed by atoms with van der Waals surface area (Å²) in [7, 11) is 0. The highest BCUT2D eigenvalue weighted by Crippen LogP contribution is 2.60. The SMILES string of the molecule is CC(C)C[C@H](NC(=O)CCC(=O)O[C@@H]1O[C@H]2O[C@@]3(C)CC[C@H]4[C@H](C)CC[C@@H]([C@H]1C)[C@@]24OO3)C(=O)NCC(=O)O. The first-order chi connectivity index (χ1) is 18.3. The smallest absolute Gasteiger partial charge is 0.322 e. The van der Waals surface area contributed by atoms with E-state index in [4.69, 9.17) is 29.1 Å². The number of ether oxygens (including phenoxy) is 3. The topological polar surface area (TPSA) is 159 Å². The first-order valence-corrected chi connectivity index (χ1v) is 14.0. The van der Waals surface area contributed by atoms with Gasteiger partial charge in [-0.15, -0.1) is 0 Å². The molecule has 9 atom stereocenters. The zero-order valence-corrected chi connectivity index (χ0v) is 23.4. The van der Waals surface area contributed by atoms with Crippen molar-refractivity contribution in [3.63, 3.8) is 0 Å². The number of hydrogen-bond acceptors (Lipinski definition) is 9. The summed E-state index contributed by atoms with van der Waals surface area (Å²) >= 11 is 0. The van der Waals surface area contributed by atoms with Gasteiger partial charge >= 0.3 is 11.9 Å². The molecule has 12 nitrogen and oxygen atoms in total. The van der Waals surface area contributed by atoms with Gasteiger partial charge in [0.1, 0.15) is 12.6 Å². The second-order valence-corrected chi connectivity index (χ2v) is 12.1. The Balaban J connectivity index is 1.35. The number of hydrogen-bond donors (Lipinski definition) is 3. The molecular weight excluding hydrogens is 512 g/mol. The van der Waals surface area contributed by atoms with Gasteiger partial charge in [-0.1, -0.05) is 27.7 Å². The first kappa shape index (κ1) is 29.7. The predicted molar refractivity (Wildman–Crippen MR) is 134 cm³/mol. The molecule has 1 aliphatic carbocycles. The minimum Gasteiger partial charge on any atom is -0.480 e. The van der Waals surface area contributed by atoms with Crippen LogP contribution in [0, 0.1) is 29.6 Å². The number of carbonyl (C=O) groups is 4. The fourth-order valence-corrected chi connectivity index (χ4v) is 6.67. The van der Waals surface area contributed by atoms with Gasteiger partial charge in [0.2, 0.25) is 23.9 Å². The summed E-state index contributed by atoms with van der Waals surface area (Å²) in [6.45, 7) is 9.24. The van der Waals surface area contributed by atoms with Crippen LogP contribution in [0.2, 0.25) is 0 Å².